The summed E-state index contributed by atoms with van der Waals surface area (Å²) < 4.78 is 43.1. The van der Waals surface area contributed by atoms with Gasteiger partial charge in [-0.05, 0) is 40.0 Å². The zero-order valence-corrected chi connectivity index (χ0v) is 11.2. The van der Waals surface area contributed by atoms with Gasteiger partial charge in [-0.25, -0.2) is 4.79 Å². The molecule has 1 rings (SSSR count). The Morgan fingerprint density at radius 2 is 1.78 bits per heavy atom. The summed E-state index contributed by atoms with van der Waals surface area (Å²) in [6, 6.07) is 0. The maximum Gasteiger partial charge on any atom is 0.410 e. The quantitative estimate of drug-likeness (QED) is 0.782. The van der Waals surface area contributed by atoms with Gasteiger partial charge in [-0.3, -0.25) is 0 Å². The average Bonchev–Trinajstić information content (AvgIpc) is 2.90. The number of ether oxygens (including phenoxy) is 1. The topological polar surface area (TPSA) is 29.5 Å². The van der Waals surface area contributed by atoms with Crippen LogP contribution >= 0.6 is 0 Å². The number of alkyl halides is 3. The van der Waals surface area contributed by atoms with E-state index in [0.29, 0.717) is 0 Å². The molecule has 0 atom stereocenters. The summed E-state index contributed by atoms with van der Waals surface area (Å²) in [4.78, 5) is 12.8. The minimum atomic E-state index is -4.16. The number of carbonyl (C=O) groups is 1. The summed E-state index contributed by atoms with van der Waals surface area (Å²) in [5, 5.41) is 0. The lowest BCUT2D eigenvalue weighted by molar-refractivity contribution is -0.189. The zero-order valence-electron chi connectivity index (χ0n) is 11.2. The molecule has 0 spiro atoms. The third kappa shape index (κ3) is 3.78. The third-order valence-electron chi connectivity index (χ3n) is 3.09. The van der Waals surface area contributed by atoms with E-state index in [-0.39, 0.29) is 25.8 Å². The van der Waals surface area contributed by atoms with Crippen molar-refractivity contribution in [3.8, 4) is 0 Å². The van der Waals surface area contributed by atoms with Crippen molar-refractivity contribution in [2.45, 2.75) is 51.8 Å². The fourth-order valence-electron chi connectivity index (χ4n) is 1.64. The molecule has 1 aliphatic rings. The van der Waals surface area contributed by atoms with Crippen molar-refractivity contribution in [3.05, 3.63) is 0 Å². The molecular formula is C12H20F3NO2. The van der Waals surface area contributed by atoms with Crippen LogP contribution < -0.4 is 0 Å². The number of amides is 1. The number of hydrogen-bond acceptors (Lipinski definition) is 2. The molecule has 18 heavy (non-hydrogen) atoms. The van der Waals surface area contributed by atoms with Crippen LogP contribution in [0.4, 0.5) is 18.0 Å². The van der Waals surface area contributed by atoms with Gasteiger partial charge in [0.05, 0.1) is 5.41 Å². The van der Waals surface area contributed by atoms with Gasteiger partial charge in [0.25, 0.3) is 0 Å². The Hall–Kier alpha value is -0.940. The molecule has 0 aromatic carbocycles. The van der Waals surface area contributed by atoms with Crippen LogP contribution in [0.25, 0.3) is 0 Å². The molecule has 0 aliphatic heterocycles. The maximum atomic E-state index is 12.7. The zero-order chi connectivity index (χ0) is 14.2. The molecule has 0 N–H and O–H groups in total. The highest BCUT2D eigenvalue weighted by Crippen LogP contribution is 2.59. The van der Waals surface area contributed by atoms with Gasteiger partial charge in [-0.15, -0.1) is 0 Å². The minimum Gasteiger partial charge on any atom is -0.444 e. The van der Waals surface area contributed by atoms with E-state index in [1.165, 1.54) is 11.9 Å². The Kier molecular flexibility index (Phi) is 3.89. The second-order valence-electron chi connectivity index (χ2n) is 5.93. The average molecular weight is 267 g/mol. The van der Waals surface area contributed by atoms with Crippen LogP contribution in [0, 0.1) is 5.41 Å². The Balaban J connectivity index is 2.43. The monoisotopic (exact) mass is 267 g/mol. The van der Waals surface area contributed by atoms with Crippen molar-refractivity contribution in [1.29, 1.82) is 0 Å². The van der Waals surface area contributed by atoms with Crippen LogP contribution in [-0.4, -0.2) is 36.4 Å². The van der Waals surface area contributed by atoms with Crippen molar-refractivity contribution in [3.63, 3.8) is 0 Å². The SMILES string of the molecule is CN(CCC1(C(F)(F)F)CC1)C(=O)OC(C)(C)C. The molecule has 0 heterocycles. The van der Waals surface area contributed by atoms with Gasteiger partial charge in [0.2, 0.25) is 0 Å². The molecule has 0 saturated heterocycles. The lowest BCUT2D eigenvalue weighted by atomic mass is 10.0. The molecule has 0 radical (unpaired) electrons. The molecule has 1 amide bonds. The van der Waals surface area contributed by atoms with Gasteiger partial charge in [-0.1, -0.05) is 0 Å². The summed E-state index contributed by atoms with van der Waals surface area (Å²) in [5.41, 5.74) is -2.20. The van der Waals surface area contributed by atoms with Gasteiger partial charge in [0.15, 0.2) is 0 Å². The van der Waals surface area contributed by atoms with Gasteiger partial charge in [-0.2, -0.15) is 13.2 Å². The smallest absolute Gasteiger partial charge is 0.410 e. The summed E-state index contributed by atoms with van der Waals surface area (Å²) in [7, 11) is 1.46. The predicted octanol–water partition coefficient (Wildman–Crippen LogP) is 3.59. The molecule has 1 saturated carbocycles. The summed E-state index contributed by atoms with van der Waals surface area (Å²) >= 11 is 0. The van der Waals surface area contributed by atoms with Gasteiger partial charge in [0.1, 0.15) is 5.60 Å². The lowest BCUT2D eigenvalue weighted by Gasteiger charge is -2.26. The van der Waals surface area contributed by atoms with Crippen molar-refractivity contribution in [2.24, 2.45) is 5.41 Å². The normalized spacial score (nSPS) is 18.4. The highest BCUT2D eigenvalue weighted by Gasteiger charge is 2.62. The first kappa shape index (κ1) is 15.1. The molecule has 106 valence electrons. The maximum absolute atomic E-state index is 12.7. The Bertz CT molecular complexity index is 316. The number of halogens is 3. The summed E-state index contributed by atoms with van der Waals surface area (Å²) in [6.45, 7) is 5.22. The van der Waals surface area contributed by atoms with E-state index in [1.54, 1.807) is 20.8 Å². The highest BCUT2D eigenvalue weighted by molar-refractivity contribution is 5.67. The van der Waals surface area contributed by atoms with E-state index in [4.69, 9.17) is 4.74 Å². The fraction of sp³-hybridized carbons (Fsp3) is 0.917. The molecule has 1 aliphatic carbocycles. The van der Waals surface area contributed by atoms with Gasteiger partial charge < -0.3 is 9.64 Å². The minimum absolute atomic E-state index is 0.0494. The fourth-order valence-corrected chi connectivity index (χ4v) is 1.64. The molecule has 3 nitrogen and oxygen atoms in total. The van der Waals surface area contributed by atoms with Crippen LogP contribution in [0.1, 0.15) is 40.0 Å². The Labute approximate surface area is 105 Å². The predicted molar refractivity (Wildman–Crippen MR) is 61.2 cm³/mol. The van der Waals surface area contributed by atoms with Crippen LogP contribution in [-0.2, 0) is 4.74 Å². The van der Waals surface area contributed by atoms with Crippen molar-refractivity contribution in [2.75, 3.05) is 13.6 Å². The van der Waals surface area contributed by atoms with Crippen LogP contribution in [0.5, 0.6) is 0 Å². The highest BCUT2D eigenvalue weighted by atomic mass is 19.4. The van der Waals surface area contributed by atoms with Crippen LogP contribution in [0.15, 0.2) is 0 Å². The molecule has 1 fully saturated rings. The summed E-state index contributed by atoms with van der Waals surface area (Å²) in [5.74, 6) is 0. The van der Waals surface area contributed by atoms with E-state index in [1.807, 2.05) is 0 Å². The molecule has 0 aromatic rings. The van der Waals surface area contributed by atoms with Crippen molar-refractivity contribution < 1.29 is 22.7 Å². The Morgan fingerprint density at radius 3 is 2.11 bits per heavy atom. The number of carbonyl (C=O) groups excluding carboxylic acids is 1. The van der Waals surface area contributed by atoms with E-state index in [9.17, 15) is 18.0 Å². The molecule has 0 aromatic heterocycles. The van der Waals surface area contributed by atoms with Crippen LogP contribution in [0.3, 0.4) is 0 Å². The van der Waals surface area contributed by atoms with Gasteiger partial charge >= 0.3 is 12.3 Å². The van der Waals surface area contributed by atoms with E-state index >= 15 is 0 Å². The van der Waals surface area contributed by atoms with Crippen LogP contribution in [0.2, 0.25) is 0 Å². The molecule has 0 unspecified atom stereocenters. The number of hydrogen-bond donors (Lipinski definition) is 0. The van der Waals surface area contributed by atoms with E-state index in [0.717, 1.165) is 0 Å². The molecule has 0 bridgehead atoms. The number of nitrogens with zero attached hydrogens (tertiary/aromatic N) is 1. The Morgan fingerprint density at radius 1 is 1.28 bits per heavy atom. The van der Waals surface area contributed by atoms with E-state index < -0.39 is 23.3 Å². The van der Waals surface area contributed by atoms with Gasteiger partial charge in [0, 0.05) is 13.6 Å². The third-order valence-corrected chi connectivity index (χ3v) is 3.09. The second kappa shape index (κ2) is 4.63. The van der Waals surface area contributed by atoms with E-state index in [2.05, 4.69) is 0 Å². The molecular weight excluding hydrogens is 247 g/mol. The second-order valence-corrected chi connectivity index (χ2v) is 5.93. The first-order valence-electron chi connectivity index (χ1n) is 5.98. The summed E-state index contributed by atoms with van der Waals surface area (Å²) in [6.07, 6.45) is -4.47. The van der Waals surface area contributed by atoms with Crippen molar-refractivity contribution >= 4 is 6.09 Å². The first-order valence-corrected chi connectivity index (χ1v) is 5.98. The van der Waals surface area contributed by atoms with Crippen molar-refractivity contribution in [1.82, 2.24) is 4.90 Å². The largest absolute Gasteiger partial charge is 0.444 e. The standard InChI is InChI=1S/C12H20F3NO2/c1-10(2,3)18-9(17)16(4)8-7-11(5-6-11)12(13,14)15/h5-8H2,1-4H3. The number of rotatable bonds is 3. The molecule has 6 heteroatoms. The lowest BCUT2D eigenvalue weighted by Crippen LogP contribution is -2.37. The first-order chi connectivity index (χ1) is 7.97.